The van der Waals surface area contributed by atoms with Gasteiger partial charge in [0.05, 0.1) is 0 Å². The van der Waals surface area contributed by atoms with Crippen LogP contribution in [0.15, 0.2) is 24.3 Å². The first-order chi connectivity index (χ1) is 5.33. The van der Waals surface area contributed by atoms with E-state index in [2.05, 4.69) is 17.5 Å². The van der Waals surface area contributed by atoms with E-state index >= 15 is 0 Å². The predicted octanol–water partition coefficient (Wildman–Crippen LogP) is 1.80. The van der Waals surface area contributed by atoms with Crippen LogP contribution >= 0.6 is 12.8 Å². The number of nitrogens with one attached hydrogen (secondary N) is 1. The minimum absolute atomic E-state index is 0.179. The highest BCUT2D eigenvalue weighted by Crippen LogP contribution is 2.03. The second-order valence-corrected chi connectivity index (χ2v) is 2.60. The Hall–Kier alpha value is -0.540. The van der Waals surface area contributed by atoms with Crippen molar-refractivity contribution in [1.82, 2.24) is 4.72 Å². The molecule has 60 valence electrons. The van der Waals surface area contributed by atoms with Gasteiger partial charge < -0.3 is 0 Å². The predicted molar refractivity (Wildman–Crippen MR) is 47.1 cm³/mol. The van der Waals surface area contributed by atoms with E-state index in [0.717, 1.165) is 18.5 Å². The molecule has 0 aliphatic carbocycles. The van der Waals surface area contributed by atoms with Gasteiger partial charge in [-0.2, -0.15) is 0 Å². The molecule has 3 heteroatoms. The molecule has 1 rings (SSSR count). The molecule has 1 aromatic rings. The van der Waals surface area contributed by atoms with E-state index in [1.54, 1.807) is 6.07 Å². The van der Waals surface area contributed by atoms with Crippen molar-refractivity contribution in [3.05, 3.63) is 35.6 Å². The number of hydrogen-bond donors (Lipinski definition) is 2. The van der Waals surface area contributed by atoms with Gasteiger partial charge >= 0.3 is 0 Å². The van der Waals surface area contributed by atoms with Crippen molar-refractivity contribution in [3.8, 4) is 0 Å². The third-order valence-electron chi connectivity index (χ3n) is 1.41. The van der Waals surface area contributed by atoms with Crippen LogP contribution in [0.5, 0.6) is 0 Å². The first kappa shape index (κ1) is 8.56. The van der Waals surface area contributed by atoms with Crippen LogP contribution in [0.1, 0.15) is 5.56 Å². The third kappa shape index (κ3) is 2.91. The summed E-state index contributed by atoms with van der Waals surface area (Å²) in [6, 6.07) is 6.58. The monoisotopic (exact) mass is 171 g/mol. The Morgan fingerprint density at radius 1 is 1.45 bits per heavy atom. The average molecular weight is 171 g/mol. The summed E-state index contributed by atoms with van der Waals surface area (Å²) in [7, 11) is 0. The molecule has 0 spiro atoms. The van der Waals surface area contributed by atoms with E-state index in [1.165, 1.54) is 12.1 Å². The van der Waals surface area contributed by atoms with E-state index in [-0.39, 0.29) is 5.82 Å². The maximum Gasteiger partial charge on any atom is 0.123 e. The fourth-order valence-electron chi connectivity index (χ4n) is 0.893. The Morgan fingerprint density at radius 2 is 2.27 bits per heavy atom. The van der Waals surface area contributed by atoms with Gasteiger partial charge in [-0.05, 0) is 24.1 Å². The SMILES string of the molecule is Fc1cccc(CCNS)c1. The van der Waals surface area contributed by atoms with E-state index in [9.17, 15) is 4.39 Å². The molecule has 0 saturated heterocycles. The molecule has 0 atom stereocenters. The quantitative estimate of drug-likeness (QED) is 0.661. The van der Waals surface area contributed by atoms with E-state index in [1.807, 2.05) is 6.07 Å². The van der Waals surface area contributed by atoms with Gasteiger partial charge in [0, 0.05) is 6.54 Å². The molecular formula is C8H10FNS. The van der Waals surface area contributed by atoms with Gasteiger partial charge in [0.1, 0.15) is 5.82 Å². The number of rotatable bonds is 3. The largest absolute Gasteiger partial charge is 0.266 e. The van der Waals surface area contributed by atoms with Gasteiger partial charge in [-0.3, -0.25) is 4.72 Å². The second kappa shape index (κ2) is 4.36. The van der Waals surface area contributed by atoms with E-state index < -0.39 is 0 Å². The maximum atomic E-state index is 12.6. The molecule has 0 aliphatic heterocycles. The molecule has 0 unspecified atom stereocenters. The van der Waals surface area contributed by atoms with Crippen molar-refractivity contribution in [2.24, 2.45) is 0 Å². The topological polar surface area (TPSA) is 12.0 Å². The standard InChI is InChI=1S/C8H10FNS/c9-8-3-1-2-7(6-8)4-5-10-11/h1-3,6,10-11H,4-5H2. The number of benzene rings is 1. The van der Waals surface area contributed by atoms with Crippen LogP contribution in [0.3, 0.4) is 0 Å². The summed E-state index contributed by atoms with van der Waals surface area (Å²) in [5.41, 5.74) is 0.992. The van der Waals surface area contributed by atoms with E-state index in [0.29, 0.717) is 0 Å². The summed E-state index contributed by atoms with van der Waals surface area (Å²) in [6.45, 7) is 0.757. The number of hydrogen-bond acceptors (Lipinski definition) is 2. The van der Waals surface area contributed by atoms with Crippen LogP contribution in [-0.2, 0) is 6.42 Å². The highest BCUT2D eigenvalue weighted by molar-refractivity contribution is 7.78. The van der Waals surface area contributed by atoms with Gasteiger partial charge in [0.25, 0.3) is 0 Å². The van der Waals surface area contributed by atoms with Crippen molar-refractivity contribution in [3.63, 3.8) is 0 Å². The molecule has 1 nitrogen and oxygen atoms in total. The Kier molecular flexibility index (Phi) is 3.39. The summed E-state index contributed by atoms with van der Waals surface area (Å²) in [5.74, 6) is -0.179. The number of halogens is 1. The second-order valence-electron chi connectivity index (χ2n) is 2.29. The zero-order chi connectivity index (χ0) is 8.10. The summed E-state index contributed by atoms with van der Waals surface area (Å²) in [5, 5.41) is 0. The molecule has 0 fully saturated rings. The van der Waals surface area contributed by atoms with Gasteiger partial charge in [-0.15, -0.1) is 0 Å². The molecular weight excluding hydrogens is 161 g/mol. The minimum atomic E-state index is -0.179. The highest BCUT2D eigenvalue weighted by atomic mass is 32.1. The lowest BCUT2D eigenvalue weighted by Gasteiger charge is -1.98. The van der Waals surface area contributed by atoms with Crippen molar-refractivity contribution in [1.29, 1.82) is 0 Å². The minimum Gasteiger partial charge on any atom is -0.266 e. The lowest BCUT2D eigenvalue weighted by atomic mass is 10.1. The third-order valence-corrected chi connectivity index (χ3v) is 1.64. The number of thiol groups is 1. The Labute approximate surface area is 71.2 Å². The van der Waals surface area contributed by atoms with E-state index in [4.69, 9.17) is 0 Å². The zero-order valence-corrected chi connectivity index (χ0v) is 6.94. The lowest BCUT2D eigenvalue weighted by molar-refractivity contribution is 0.625. The van der Waals surface area contributed by atoms with Crippen LogP contribution in [0.4, 0.5) is 4.39 Å². The lowest BCUT2D eigenvalue weighted by Crippen LogP contribution is -2.04. The van der Waals surface area contributed by atoms with Crippen LogP contribution in [-0.4, -0.2) is 6.54 Å². The van der Waals surface area contributed by atoms with Gasteiger partial charge in [0.2, 0.25) is 0 Å². The van der Waals surface area contributed by atoms with Crippen LogP contribution in [0, 0.1) is 5.82 Å². The van der Waals surface area contributed by atoms with Crippen molar-refractivity contribution in [2.45, 2.75) is 6.42 Å². The van der Waals surface area contributed by atoms with Crippen LogP contribution in [0.25, 0.3) is 0 Å². The maximum absolute atomic E-state index is 12.6. The fraction of sp³-hybridized carbons (Fsp3) is 0.250. The average Bonchev–Trinajstić information content (AvgIpc) is 2.01. The summed E-state index contributed by atoms with van der Waals surface area (Å²) >= 11 is 3.83. The Balaban J connectivity index is 2.56. The molecule has 0 radical (unpaired) electrons. The summed E-state index contributed by atoms with van der Waals surface area (Å²) < 4.78 is 15.3. The molecule has 0 heterocycles. The van der Waals surface area contributed by atoms with Crippen LogP contribution < -0.4 is 4.72 Å². The molecule has 0 aromatic heterocycles. The molecule has 0 bridgehead atoms. The molecule has 0 aliphatic rings. The van der Waals surface area contributed by atoms with Crippen molar-refractivity contribution >= 4 is 12.8 Å². The van der Waals surface area contributed by atoms with Crippen molar-refractivity contribution < 1.29 is 4.39 Å². The molecule has 11 heavy (non-hydrogen) atoms. The molecule has 0 amide bonds. The normalized spacial score (nSPS) is 10.0. The Morgan fingerprint density at radius 3 is 2.91 bits per heavy atom. The Bertz CT molecular complexity index is 227. The van der Waals surface area contributed by atoms with Gasteiger partial charge in [-0.25, -0.2) is 4.39 Å². The summed E-state index contributed by atoms with van der Waals surface area (Å²) in [6.07, 6.45) is 0.807. The van der Waals surface area contributed by atoms with Gasteiger partial charge in [0.15, 0.2) is 0 Å². The van der Waals surface area contributed by atoms with Crippen molar-refractivity contribution in [2.75, 3.05) is 6.54 Å². The smallest absolute Gasteiger partial charge is 0.123 e. The summed E-state index contributed by atoms with van der Waals surface area (Å²) in [4.78, 5) is 0. The first-order valence-electron chi connectivity index (χ1n) is 3.44. The zero-order valence-electron chi connectivity index (χ0n) is 6.05. The van der Waals surface area contributed by atoms with Crippen LogP contribution in [0.2, 0.25) is 0 Å². The molecule has 1 aromatic carbocycles. The van der Waals surface area contributed by atoms with Gasteiger partial charge in [-0.1, -0.05) is 24.9 Å². The molecule has 0 saturated carbocycles. The molecule has 1 N–H and O–H groups in total. The fourth-order valence-corrected chi connectivity index (χ4v) is 1.00. The highest BCUT2D eigenvalue weighted by Gasteiger charge is 1.92. The first-order valence-corrected chi connectivity index (χ1v) is 3.89.